The van der Waals surface area contributed by atoms with Gasteiger partial charge in [-0.25, -0.2) is 0 Å². The summed E-state index contributed by atoms with van der Waals surface area (Å²) in [6.45, 7) is 3.08. The molecule has 0 radical (unpaired) electrons. The summed E-state index contributed by atoms with van der Waals surface area (Å²) >= 11 is 0. The summed E-state index contributed by atoms with van der Waals surface area (Å²) in [5.41, 5.74) is 0. The van der Waals surface area contributed by atoms with Crippen LogP contribution in [0.25, 0.3) is 0 Å². The fraction of sp³-hybridized carbons (Fsp3) is 0.647. The Balaban J connectivity index is 1.81. The lowest BCUT2D eigenvalue weighted by Crippen LogP contribution is -2.40. The van der Waals surface area contributed by atoms with Crippen LogP contribution in [0.5, 0.6) is 0 Å². The van der Waals surface area contributed by atoms with Crippen LogP contribution in [-0.2, 0) is 23.9 Å². The van der Waals surface area contributed by atoms with Crippen LogP contribution in [0.3, 0.4) is 0 Å². The second kappa shape index (κ2) is 8.08. The average Bonchev–Trinajstić information content (AvgIpc) is 2.83. The van der Waals surface area contributed by atoms with Crippen LogP contribution in [0.1, 0.15) is 39.5 Å². The lowest BCUT2D eigenvalue weighted by Gasteiger charge is -2.16. The number of fused-ring (bicyclic) bond motifs is 1. The number of nitrogens with zero attached hydrogens (tertiary/aromatic N) is 1. The molecule has 1 fully saturated rings. The molecule has 1 aliphatic heterocycles. The molecule has 1 heterocycles. The van der Waals surface area contributed by atoms with Gasteiger partial charge < -0.3 is 10.1 Å². The van der Waals surface area contributed by atoms with Gasteiger partial charge in [-0.2, -0.15) is 0 Å². The number of amides is 3. The van der Waals surface area contributed by atoms with Crippen LogP contribution >= 0.6 is 0 Å². The molecule has 1 N–H and O–H groups in total. The van der Waals surface area contributed by atoms with Gasteiger partial charge in [0.1, 0.15) is 6.54 Å². The molecular formula is C17H24N2O5. The summed E-state index contributed by atoms with van der Waals surface area (Å²) in [4.78, 5) is 49.0. The third-order valence-electron chi connectivity index (χ3n) is 4.60. The maximum absolute atomic E-state index is 12.2. The summed E-state index contributed by atoms with van der Waals surface area (Å²) in [7, 11) is 0. The van der Waals surface area contributed by atoms with E-state index in [0.717, 1.165) is 17.7 Å². The van der Waals surface area contributed by atoms with E-state index in [1.165, 1.54) is 0 Å². The number of imide groups is 1. The molecule has 1 saturated heterocycles. The zero-order valence-electron chi connectivity index (χ0n) is 14.1. The Morgan fingerprint density at radius 1 is 1.17 bits per heavy atom. The molecule has 2 rings (SSSR count). The van der Waals surface area contributed by atoms with Gasteiger partial charge in [0.15, 0.2) is 6.61 Å². The zero-order valence-corrected chi connectivity index (χ0v) is 14.1. The third-order valence-corrected chi connectivity index (χ3v) is 4.60. The van der Waals surface area contributed by atoms with Crippen molar-refractivity contribution in [3.05, 3.63) is 12.2 Å². The molecule has 0 aromatic heterocycles. The minimum absolute atomic E-state index is 0.0496. The molecule has 7 heteroatoms. The van der Waals surface area contributed by atoms with Crippen molar-refractivity contribution in [2.24, 2.45) is 11.8 Å². The van der Waals surface area contributed by atoms with Gasteiger partial charge in [0.05, 0.1) is 11.8 Å². The number of allylic oxidation sites excluding steroid dienone is 2. The smallest absolute Gasteiger partial charge is 0.326 e. The topological polar surface area (TPSA) is 92.8 Å². The standard InChI is InChI=1S/C17H24N2O5/c1-3-11(4-2)18-14(20)10-24-15(21)9-19-16(22)12-7-5-6-8-13(12)17(19)23/h5-6,11-13H,3-4,7-10H2,1-2H3,(H,18,20)/t12-,13+. The Kier molecular flexibility index (Phi) is 6.11. The van der Waals surface area contributed by atoms with E-state index in [-0.39, 0.29) is 35.6 Å². The quantitative estimate of drug-likeness (QED) is 0.421. The number of likely N-dealkylation sites (tertiary alicyclic amines) is 1. The molecule has 0 aromatic carbocycles. The first-order valence-corrected chi connectivity index (χ1v) is 8.43. The predicted molar refractivity (Wildman–Crippen MR) is 85.5 cm³/mol. The molecule has 0 saturated carbocycles. The van der Waals surface area contributed by atoms with Crippen LogP contribution in [0.2, 0.25) is 0 Å². The lowest BCUT2D eigenvalue weighted by atomic mass is 9.85. The molecule has 0 aromatic rings. The minimum Gasteiger partial charge on any atom is -0.454 e. The normalized spacial score (nSPS) is 22.7. The number of rotatable bonds is 7. The first-order valence-electron chi connectivity index (χ1n) is 8.43. The summed E-state index contributed by atoms with van der Waals surface area (Å²) in [5.74, 6) is -2.51. The highest BCUT2D eigenvalue weighted by atomic mass is 16.5. The predicted octanol–water partition coefficient (Wildman–Crippen LogP) is 0.786. The van der Waals surface area contributed by atoms with Gasteiger partial charge in [-0.15, -0.1) is 0 Å². The molecule has 2 aliphatic rings. The van der Waals surface area contributed by atoms with Crippen molar-refractivity contribution in [2.75, 3.05) is 13.2 Å². The fourth-order valence-electron chi connectivity index (χ4n) is 3.11. The SMILES string of the molecule is CCC(CC)NC(=O)COC(=O)CN1C(=O)[C@H]2CC=CC[C@H]2C1=O. The number of carbonyl (C=O) groups is 4. The second-order valence-electron chi connectivity index (χ2n) is 6.16. The summed E-state index contributed by atoms with van der Waals surface area (Å²) in [5, 5.41) is 2.75. The number of esters is 1. The molecule has 0 unspecified atom stereocenters. The Hall–Kier alpha value is -2.18. The largest absolute Gasteiger partial charge is 0.454 e. The molecular weight excluding hydrogens is 312 g/mol. The Morgan fingerprint density at radius 3 is 2.21 bits per heavy atom. The third kappa shape index (κ3) is 4.01. The van der Waals surface area contributed by atoms with Crippen molar-refractivity contribution in [1.82, 2.24) is 10.2 Å². The molecule has 1 aliphatic carbocycles. The fourth-order valence-corrected chi connectivity index (χ4v) is 3.11. The van der Waals surface area contributed by atoms with Gasteiger partial charge in [0, 0.05) is 6.04 Å². The van der Waals surface area contributed by atoms with Gasteiger partial charge in [0.25, 0.3) is 5.91 Å². The first-order chi connectivity index (χ1) is 11.5. The van der Waals surface area contributed by atoms with Crippen molar-refractivity contribution in [3.63, 3.8) is 0 Å². The van der Waals surface area contributed by atoms with Crippen molar-refractivity contribution >= 4 is 23.7 Å². The number of nitrogens with one attached hydrogen (secondary N) is 1. The number of ether oxygens (including phenoxy) is 1. The highest BCUT2D eigenvalue weighted by Crippen LogP contribution is 2.34. The summed E-state index contributed by atoms with van der Waals surface area (Å²) in [6, 6.07) is 0.0496. The van der Waals surface area contributed by atoms with E-state index in [1.54, 1.807) is 0 Å². The molecule has 0 bridgehead atoms. The van der Waals surface area contributed by atoms with Crippen LogP contribution in [-0.4, -0.2) is 47.8 Å². The summed E-state index contributed by atoms with van der Waals surface area (Å²) in [6.07, 6.45) is 6.41. The number of hydrogen-bond acceptors (Lipinski definition) is 5. The second-order valence-corrected chi connectivity index (χ2v) is 6.16. The average molecular weight is 336 g/mol. The number of hydrogen-bond donors (Lipinski definition) is 1. The van der Waals surface area contributed by atoms with Gasteiger partial charge in [-0.1, -0.05) is 26.0 Å². The van der Waals surface area contributed by atoms with E-state index >= 15 is 0 Å². The molecule has 3 amide bonds. The van der Waals surface area contributed by atoms with E-state index < -0.39 is 19.1 Å². The summed E-state index contributed by atoms with van der Waals surface area (Å²) < 4.78 is 4.89. The van der Waals surface area contributed by atoms with Crippen molar-refractivity contribution < 1.29 is 23.9 Å². The lowest BCUT2D eigenvalue weighted by molar-refractivity contribution is -0.155. The maximum atomic E-state index is 12.2. The van der Waals surface area contributed by atoms with Crippen molar-refractivity contribution in [1.29, 1.82) is 0 Å². The van der Waals surface area contributed by atoms with Crippen LogP contribution in [0.4, 0.5) is 0 Å². The van der Waals surface area contributed by atoms with E-state index in [0.29, 0.717) is 12.8 Å². The van der Waals surface area contributed by atoms with Gasteiger partial charge in [0.2, 0.25) is 11.8 Å². The molecule has 2 atom stereocenters. The molecule has 132 valence electrons. The van der Waals surface area contributed by atoms with Gasteiger partial charge >= 0.3 is 5.97 Å². The van der Waals surface area contributed by atoms with Crippen LogP contribution < -0.4 is 5.32 Å². The monoisotopic (exact) mass is 336 g/mol. The maximum Gasteiger partial charge on any atom is 0.326 e. The van der Waals surface area contributed by atoms with Crippen LogP contribution in [0, 0.1) is 11.8 Å². The van der Waals surface area contributed by atoms with E-state index in [9.17, 15) is 19.2 Å². The number of carbonyl (C=O) groups excluding carboxylic acids is 4. The molecule has 24 heavy (non-hydrogen) atoms. The van der Waals surface area contributed by atoms with E-state index in [4.69, 9.17) is 4.74 Å². The van der Waals surface area contributed by atoms with Crippen molar-refractivity contribution in [2.45, 2.75) is 45.6 Å². The van der Waals surface area contributed by atoms with Crippen LogP contribution in [0.15, 0.2) is 12.2 Å². The van der Waals surface area contributed by atoms with E-state index in [2.05, 4.69) is 5.32 Å². The Bertz CT molecular complexity index is 527. The highest BCUT2D eigenvalue weighted by molar-refractivity contribution is 6.07. The zero-order chi connectivity index (χ0) is 17.7. The molecule has 0 spiro atoms. The van der Waals surface area contributed by atoms with Gasteiger partial charge in [-0.05, 0) is 25.7 Å². The molecule has 7 nitrogen and oxygen atoms in total. The first kappa shape index (κ1) is 18.2. The van der Waals surface area contributed by atoms with E-state index in [1.807, 2.05) is 26.0 Å². The Morgan fingerprint density at radius 2 is 1.71 bits per heavy atom. The minimum atomic E-state index is -0.747. The Labute approximate surface area is 141 Å². The highest BCUT2D eigenvalue weighted by Gasteiger charge is 2.47. The van der Waals surface area contributed by atoms with Crippen molar-refractivity contribution in [3.8, 4) is 0 Å². The van der Waals surface area contributed by atoms with Gasteiger partial charge in [-0.3, -0.25) is 24.1 Å².